The minimum absolute atomic E-state index is 0.370. The van der Waals surface area contributed by atoms with Crippen LogP contribution in [-0.4, -0.2) is 29.1 Å². The molecule has 0 aliphatic carbocycles. The van der Waals surface area contributed by atoms with E-state index in [1.807, 2.05) is 13.8 Å². The van der Waals surface area contributed by atoms with Gasteiger partial charge in [0.1, 0.15) is 6.04 Å². The highest BCUT2D eigenvalue weighted by Gasteiger charge is 2.21. The van der Waals surface area contributed by atoms with Gasteiger partial charge in [-0.2, -0.15) is 0 Å². The zero-order valence-corrected chi connectivity index (χ0v) is 10.0. The predicted molar refractivity (Wildman–Crippen MR) is 62.0 cm³/mol. The number of carbonyl (C=O) groups is 2. The van der Waals surface area contributed by atoms with Crippen LogP contribution < -0.4 is 11.1 Å². The number of hydrogen-bond donors (Lipinski definition) is 3. The summed E-state index contributed by atoms with van der Waals surface area (Å²) in [5.74, 6) is -1.36. The van der Waals surface area contributed by atoms with E-state index in [0.29, 0.717) is 12.8 Å². The molecule has 0 rings (SSSR count). The number of carboxylic acid groups (broad SMARTS) is 1. The van der Waals surface area contributed by atoms with Crippen molar-refractivity contribution in [3.8, 4) is 0 Å². The summed E-state index contributed by atoms with van der Waals surface area (Å²) in [6.45, 7) is 3.91. The van der Waals surface area contributed by atoms with E-state index in [4.69, 9.17) is 10.8 Å². The van der Waals surface area contributed by atoms with Crippen LogP contribution in [0.3, 0.4) is 0 Å². The van der Waals surface area contributed by atoms with Gasteiger partial charge in [0.15, 0.2) is 0 Å². The van der Waals surface area contributed by atoms with Crippen LogP contribution in [-0.2, 0) is 9.59 Å². The van der Waals surface area contributed by atoms with Gasteiger partial charge in [0, 0.05) is 0 Å². The van der Waals surface area contributed by atoms with Crippen molar-refractivity contribution in [3.63, 3.8) is 0 Å². The molecule has 5 nitrogen and oxygen atoms in total. The number of nitrogens with two attached hydrogens (primary N) is 1. The van der Waals surface area contributed by atoms with Gasteiger partial charge >= 0.3 is 5.97 Å². The molecule has 0 aliphatic heterocycles. The summed E-state index contributed by atoms with van der Waals surface area (Å²) in [6, 6.07) is -1.41. The fourth-order valence-electron chi connectivity index (χ4n) is 1.39. The summed E-state index contributed by atoms with van der Waals surface area (Å²) in [6.07, 6.45) is 3.52. The molecule has 16 heavy (non-hydrogen) atoms. The number of aliphatic carboxylic acids is 1. The number of unbranched alkanes of at least 4 members (excludes halogenated alkanes) is 1. The fourth-order valence-corrected chi connectivity index (χ4v) is 1.39. The van der Waals surface area contributed by atoms with E-state index in [-0.39, 0.29) is 5.91 Å². The first kappa shape index (κ1) is 14.9. The average molecular weight is 230 g/mol. The van der Waals surface area contributed by atoms with Gasteiger partial charge in [-0.1, -0.05) is 33.1 Å². The molecule has 0 bridgehead atoms. The molecule has 4 N–H and O–H groups in total. The zero-order valence-electron chi connectivity index (χ0n) is 10.0. The number of amides is 1. The lowest BCUT2D eigenvalue weighted by Gasteiger charge is -2.17. The monoisotopic (exact) mass is 230 g/mol. The van der Waals surface area contributed by atoms with Crippen LogP contribution in [0.5, 0.6) is 0 Å². The number of carboxylic acids is 1. The van der Waals surface area contributed by atoms with Crippen LogP contribution in [0.15, 0.2) is 0 Å². The Hall–Kier alpha value is -1.10. The molecule has 0 saturated carbocycles. The van der Waals surface area contributed by atoms with Crippen LogP contribution in [0.25, 0.3) is 0 Å². The Kier molecular flexibility index (Phi) is 7.54. The standard InChI is InChI=1S/C11H22N2O3/c1-3-5-7-9(11(15)16)13-10(14)8(12)6-4-2/h8-9H,3-7,12H2,1-2H3,(H,13,14)(H,15,16)/t8-,9-/m0/s1. The maximum absolute atomic E-state index is 11.5. The van der Waals surface area contributed by atoms with Crippen LogP contribution >= 0.6 is 0 Å². The van der Waals surface area contributed by atoms with E-state index >= 15 is 0 Å². The summed E-state index contributed by atoms with van der Waals surface area (Å²) in [7, 11) is 0. The van der Waals surface area contributed by atoms with E-state index in [2.05, 4.69) is 5.32 Å². The molecule has 1 amide bonds. The molecular formula is C11H22N2O3. The molecule has 0 saturated heterocycles. The molecule has 0 aromatic carbocycles. The number of hydrogen-bond acceptors (Lipinski definition) is 3. The minimum atomic E-state index is -0.995. The summed E-state index contributed by atoms with van der Waals surface area (Å²) in [5.41, 5.74) is 5.60. The Morgan fingerprint density at radius 2 is 1.88 bits per heavy atom. The lowest BCUT2D eigenvalue weighted by atomic mass is 10.1. The molecule has 0 fully saturated rings. The van der Waals surface area contributed by atoms with Crippen molar-refractivity contribution in [1.82, 2.24) is 5.32 Å². The first-order chi connectivity index (χ1) is 7.52. The molecule has 0 unspecified atom stereocenters. The minimum Gasteiger partial charge on any atom is -0.480 e. The van der Waals surface area contributed by atoms with Crippen molar-refractivity contribution < 1.29 is 14.7 Å². The first-order valence-corrected chi connectivity index (χ1v) is 5.81. The van der Waals surface area contributed by atoms with Crippen LogP contribution in [0, 0.1) is 0 Å². The molecule has 0 aromatic heterocycles. The molecule has 0 spiro atoms. The largest absolute Gasteiger partial charge is 0.480 e. The van der Waals surface area contributed by atoms with Crippen LogP contribution in [0.4, 0.5) is 0 Å². The van der Waals surface area contributed by atoms with E-state index in [0.717, 1.165) is 19.3 Å². The summed E-state index contributed by atoms with van der Waals surface area (Å²) >= 11 is 0. The third-order valence-electron chi connectivity index (χ3n) is 2.40. The quantitative estimate of drug-likeness (QED) is 0.577. The molecular weight excluding hydrogens is 208 g/mol. The Labute approximate surface area is 96.4 Å². The number of carbonyl (C=O) groups excluding carboxylic acids is 1. The zero-order chi connectivity index (χ0) is 12.6. The third kappa shape index (κ3) is 5.70. The van der Waals surface area contributed by atoms with Gasteiger partial charge in [-0.25, -0.2) is 4.79 Å². The molecule has 0 aromatic rings. The Bertz CT molecular complexity index is 231. The van der Waals surface area contributed by atoms with Gasteiger partial charge in [0.25, 0.3) is 0 Å². The molecule has 2 atom stereocenters. The Morgan fingerprint density at radius 3 is 2.31 bits per heavy atom. The second kappa shape index (κ2) is 8.10. The van der Waals surface area contributed by atoms with Crippen LogP contribution in [0.2, 0.25) is 0 Å². The smallest absolute Gasteiger partial charge is 0.326 e. The molecule has 94 valence electrons. The van der Waals surface area contributed by atoms with E-state index < -0.39 is 18.1 Å². The van der Waals surface area contributed by atoms with Crippen molar-refractivity contribution in [3.05, 3.63) is 0 Å². The highest BCUT2D eigenvalue weighted by molar-refractivity contribution is 5.86. The van der Waals surface area contributed by atoms with Crippen molar-refractivity contribution >= 4 is 11.9 Å². The normalized spacial score (nSPS) is 14.2. The first-order valence-electron chi connectivity index (χ1n) is 5.81. The van der Waals surface area contributed by atoms with E-state index in [1.54, 1.807) is 0 Å². The van der Waals surface area contributed by atoms with Crippen molar-refractivity contribution in [2.75, 3.05) is 0 Å². The summed E-state index contributed by atoms with van der Waals surface area (Å²) in [4.78, 5) is 22.4. The molecule has 0 heterocycles. The maximum Gasteiger partial charge on any atom is 0.326 e. The maximum atomic E-state index is 11.5. The molecule has 5 heteroatoms. The topological polar surface area (TPSA) is 92.4 Å². The second-order valence-electron chi connectivity index (χ2n) is 3.94. The lowest BCUT2D eigenvalue weighted by Crippen LogP contribution is -2.48. The molecule has 0 radical (unpaired) electrons. The second-order valence-corrected chi connectivity index (χ2v) is 3.94. The number of rotatable bonds is 8. The van der Waals surface area contributed by atoms with Crippen molar-refractivity contribution in [2.45, 2.75) is 58.0 Å². The van der Waals surface area contributed by atoms with Crippen LogP contribution in [0.1, 0.15) is 46.0 Å². The van der Waals surface area contributed by atoms with E-state index in [1.165, 1.54) is 0 Å². The van der Waals surface area contributed by atoms with Crippen molar-refractivity contribution in [2.24, 2.45) is 5.73 Å². The van der Waals surface area contributed by atoms with Crippen molar-refractivity contribution in [1.29, 1.82) is 0 Å². The van der Waals surface area contributed by atoms with Gasteiger partial charge in [-0.3, -0.25) is 4.79 Å². The SMILES string of the molecule is CCCC[C@H](NC(=O)[C@@H](N)CCC)C(=O)O. The van der Waals surface area contributed by atoms with Gasteiger partial charge in [-0.15, -0.1) is 0 Å². The van der Waals surface area contributed by atoms with Gasteiger partial charge in [0.05, 0.1) is 6.04 Å². The average Bonchev–Trinajstić information content (AvgIpc) is 2.23. The number of nitrogens with one attached hydrogen (secondary N) is 1. The van der Waals surface area contributed by atoms with Gasteiger partial charge < -0.3 is 16.2 Å². The fraction of sp³-hybridized carbons (Fsp3) is 0.818. The van der Waals surface area contributed by atoms with E-state index in [9.17, 15) is 9.59 Å². The van der Waals surface area contributed by atoms with Gasteiger partial charge in [0.2, 0.25) is 5.91 Å². The molecule has 0 aliphatic rings. The lowest BCUT2D eigenvalue weighted by molar-refractivity contribution is -0.142. The summed E-state index contributed by atoms with van der Waals surface area (Å²) in [5, 5.41) is 11.4. The van der Waals surface area contributed by atoms with Gasteiger partial charge in [-0.05, 0) is 12.8 Å². The Morgan fingerprint density at radius 1 is 1.25 bits per heavy atom. The third-order valence-corrected chi connectivity index (χ3v) is 2.40. The highest BCUT2D eigenvalue weighted by atomic mass is 16.4. The predicted octanol–water partition coefficient (Wildman–Crippen LogP) is 0.873. The Balaban J connectivity index is 4.17. The summed E-state index contributed by atoms with van der Waals surface area (Å²) < 4.78 is 0. The highest BCUT2D eigenvalue weighted by Crippen LogP contribution is 2.02.